The standard InChI is InChI=1S/C12H12FNO3/c1-2-14-9-6-8(13)4-3-7(9)5-10(14)11(15)12(16)17/h3-6,11,15H,2H2,1H3,(H,16,17). The number of carboxylic acids is 1. The molecule has 17 heavy (non-hydrogen) atoms. The summed E-state index contributed by atoms with van der Waals surface area (Å²) in [6, 6.07) is 5.77. The molecule has 0 saturated carbocycles. The van der Waals surface area contributed by atoms with Crippen molar-refractivity contribution in [3.05, 3.63) is 35.8 Å². The number of hydrogen-bond acceptors (Lipinski definition) is 2. The number of hydrogen-bond donors (Lipinski definition) is 2. The Kier molecular flexibility index (Phi) is 2.85. The SMILES string of the molecule is CCn1c(C(O)C(=O)O)cc2ccc(F)cc21. The van der Waals surface area contributed by atoms with Crippen molar-refractivity contribution in [1.82, 2.24) is 4.57 Å². The lowest BCUT2D eigenvalue weighted by molar-refractivity contribution is -0.147. The minimum atomic E-state index is -1.59. The molecular formula is C12H12FNO3. The van der Waals surface area contributed by atoms with Crippen LogP contribution in [-0.2, 0) is 11.3 Å². The fraction of sp³-hybridized carbons (Fsp3) is 0.250. The molecule has 1 unspecified atom stereocenters. The van der Waals surface area contributed by atoms with Gasteiger partial charge in [-0.1, -0.05) is 0 Å². The lowest BCUT2D eigenvalue weighted by Crippen LogP contribution is -2.14. The highest BCUT2D eigenvalue weighted by molar-refractivity contribution is 5.84. The molecule has 1 aromatic carbocycles. The molecule has 0 radical (unpaired) electrons. The molecule has 0 amide bonds. The summed E-state index contributed by atoms with van der Waals surface area (Å²) in [6.07, 6.45) is -1.59. The molecule has 2 rings (SSSR count). The Morgan fingerprint density at radius 3 is 2.76 bits per heavy atom. The van der Waals surface area contributed by atoms with Crippen LogP contribution in [0.25, 0.3) is 10.9 Å². The highest BCUT2D eigenvalue weighted by atomic mass is 19.1. The normalized spacial score (nSPS) is 12.9. The zero-order valence-corrected chi connectivity index (χ0v) is 9.22. The van der Waals surface area contributed by atoms with Crippen LogP contribution in [0.15, 0.2) is 24.3 Å². The molecule has 4 nitrogen and oxygen atoms in total. The van der Waals surface area contributed by atoms with Crippen molar-refractivity contribution in [1.29, 1.82) is 0 Å². The second-order valence-corrected chi connectivity index (χ2v) is 3.76. The van der Waals surface area contributed by atoms with Gasteiger partial charge in [-0.2, -0.15) is 0 Å². The van der Waals surface area contributed by atoms with Crippen LogP contribution < -0.4 is 0 Å². The van der Waals surface area contributed by atoms with Gasteiger partial charge < -0.3 is 14.8 Å². The molecule has 1 atom stereocenters. The number of aliphatic hydroxyl groups excluding tert-OH is 1. The van der Waals surface area contributed by atoms with Crippen molar-refractivity contribution in [2.24, 2.45) is 0 Å². The summed E-state index contributed by atoms with van der Waals surface area (Å²) in [5.41, 5.74) is 0.850. The summed E-state index contributed by atoms with van der Waals surface area (Å²) in [5, 5.41) is 19.1. The van der Waals surface area contributed by atoms with Crippen LogP contribution in [0.2, 0.25) is 0 Å². The summed E-state index contributed by atoms with van der Waals surface area (Å²) in [6.45, 7) is 2.27. The van der Waals surface area contributed by atoms with E-state index in [1.165, 1.54) is 12.1 Å². The first-order chi connectivity index (χ1) is 8.04. The molecule has 0 bridgehead atoms. The van der Waals surface area contributed by atoms with E-state index in [9.17, 15) is 14.3 Å². The predicted molar refractivity (Wildman–Crippen MR) is 60.2 cm³/mol. The van der Waals surface area contributed by atoms with Crippen molar-refractivity contribution in [2.45, 2.75) is 19.6 Å². The zero-order chi connectivity index (χ0) is 12.6. The molecule has 0 spiro atoms. The number of carboxylic acid groups (broad SMARTS) is 1. The van der Waals surface area contributed by atoms with E-state index in [4.69, 9.17) is 5.11 Å². The average Bonchev–Trinajstić information content (AvgIpc) is 2.65. The van der Waals surface area contributed by atoms with E-state index in [1.54, 1.807) is 16.7 Å². The van der Waals surface area contributed by atoms with E-state index in [0.717, 1.165) is 0 Å². The van der Waals surface area contributed by atoms with Gasteiger partial charge >= 0.3 is 5.97 Å². The van der Waals surface area contributed by atoms with Gasteiger partial charge in [0, 0.05) is 11.9 Å². The summed E-state index contributed by atoms with van der Waals surface area (Å²) >= 11 is 0. The maximum atomic E-state index is 13.1. The van der Waals surface area contributed by atoms with Crippen LogP contribution in [0.3, 0.4) is 0 Å². The third-order valence-electron chi connectivity index (χ3n) is 2.73. The summed E-state index contributed by atoms with van der Waals surface area (Å²) in [4.78, 5) is 10.8. The van der Waals surface area contributed by atoms with Gasteiger partial charge in [0.25, 0.3) is 0 Å². The van der Waals surface area contributed by atoms with Crippen molar-refractivity contribution in [2.75, 3.05) is 0 Å². The van der Waals surface area contributed by atoms with Gasteiger partial charge in [-0.15, -0.1) is 0 Å². The molecule has 5 heteroatoms. The van der Waals surface area contributed by atoms with Crippen LogP contribution >= 0.6 is 0 Å². The molecule has 2 aromatic rings. The third-order valence-corrected chi connectivity index (χ3v) is 2.73. The van der Waals surface area contributed by atoms with Gasteiger partial charge in [0.05, 0.1) is 11.2 Å². The Bertz CT molecular complexity index is 576. The number of carbonyl (C=O) groups is 1. The lowest BCUT2D eigenvalue weighted by Gasteiger charge is -2.10. The van der Waals surface area contributed by atoms with E-state index in [1.807, 2.05) is 6.92 Å². The molecule has 0 saturated heterocycles. The van der Waals surface area contributed by atoms with E-state index in [-0.39, 0.29) is 11.5 Å². The van der Waals surface area contributed by atoms with Gasteiger partial charge in [-0.3, -0.25) is 0 Å². The van der Waals surface area contributed by atoms with Crippen molar-refractivity contribution >= 4 is 16.9 Å². The smallest absolute Gasteiger partial charge is 0.338 e. The first kappa shape index (κ1) is 11.6. The first-order valence-electron chi connectivity index (χ1n) is 5.24. The van der Waals surface area contributed by atoms with Crippen LogP contribution in [0, 0.1) is 5.82 Å². The second-order valence-electron chi connectivity index (χ2n) is 3.76. The van der Waals surface area contributed by atoms with Crippen LogP contribution in [0.4, 0.5) is 4.39 Å². The molecule has 1 aromatic heterocycles. The van der Waals surface area contributed by atoms with Gasteiger partial charge in [-0.25, -0.2) is 9.18 Å². The monoisotopic (exact) mass is 237 g/mol. The Labute approximate surface area is 96.9 Å². The Morgan fingerprint density at radius 1 is 1.47 bits per heavy atom. The molecular weight excluding hydrogens is 225 g/mol. The number of aliphatic carboxylic acids is 1. The number of nitrogens with zero attached hydrogens (tertiary/aromatic N) is 1. The number of fused-ring (bicyclic) bond motifs is 1. The molecule has 0 aliphatic carbocycles. The van der Waals surface area contributed by atoms with Crippen molar-refractivity contribution < 1.29 is 19.4 Å². The molecule has 0 aliphatic rings. The maximum absolute atomic E-state index is 13.1. The highest BCUT2D eigenvalue weighted by Gasteiger charge is 2.21. The first-order valence-corrected chi connectivity index (χ1v) is 5.24. The number of aromatic nitrogens is 1. The maximum Gasteiger partial charge on any atom is 0.338 e. The number of benzene rings is 1. The number of aliphatic hydroxyl groups is 1. The predicted octanol–water partition coefficient (Wildman–Crippen LogP) is 1.92. The van der Waals surface area contributed by atoms with E-state index >= 15 is 0 Å². The summed E-state index contributed by atoms with van der Waals surface area (Å²) in [5.74, 6) is -1.70. The molecule has 90 valence electrons. The fourth-order valence-electron chi connectivity index (χ4n) is 1.95. The summed E-state index contributed by atoms with van der Waals surface area (Å²) < 4.78 is 14.7. The highest BCUT2D eigenvalue weighted by Crippen LogP contribution is 2.25. The second kappa shape index (κ2) is 4.18. The zero-order valence-electron chi connectivity index (χ0n) is 9.22. The van der Waals surface area contributed by atoms with Crippen LogP contribution in [-0.4, -0.2) is 20.7 Å². The van der Waals surface area contributed by atoms with Gasteiger partial charge in [0.1, 0.15) is 5.82 Å². The minimum Gasteiger partial charge on any atom is -0.479 e. The van der Waals surface area contributed by atoms with Gasteiger partial charge in [0.2, 0.25) is 0 Å². The van der Waals surface area contributed by atoms with Crippen LogP contribution in [0.1, 0.15) is 18.7 Å². The van der Waals surface area contributed by atoms with Gasteiger partial charge in [0.15, 0.2) is 6.10 Å². The third kappa shape index (κ3) is 1.89. The average molecular weight is 237 g/mol. The quantitative estimate of drug-likeness (QED) is 0.857. The van der Waals surface area contributed by atoms with Gasteiger partial charge in [-0.05, 0) is 31.2 Å². The molecule has 0 aliphatic heterocycles. The van der Waals surface area contributed by atoms with Crippen LogP contribution in [0.5, 0.6) is 0 Å². The Hall–Kier alpha value is -1.88. The van der Waals surface area contributed by atoms with E-state index < -0.39 is 12.1 Å². The molecule has 2 N–H and O–H groups in total. The van der Waals surface area contributed by atoms with Crippen molar-refractivity contribution in [3.8, 4) is 0 Å². The Morgan fingerprint density at radius 2 is 2.18 bits per heavy atom. The number of rotatable bonds is 3. The van der Waals surface area contributed by atoms with E-state index in [0.29, 0.717) is 17.4 Å². The fourth-order valence-corrected chi connectivity index (χ4v) is 1.95. The molecule has 0 fully saturated rings. The van der Waals surface area contributed by atoms with Crippen molar-refractivity contribution in [3.63, 3.8) is 0 Å². The lowest BCUT2D eigenvalue weighted by atomic mass is 10.2. The minimum absolute atomic E-state index is 0.264. The summed E-state index contributed by atoms with van der Waals surface area (Å²) in [7, 11) is 0. The molecule has 1 heterocycles. The largest absolute Gasteiger partial charge is 0.479 e. The van der Waals surface area contributed by atoms with E-state index in [2.05, 4.69) is 0 Å². The topological polar surface area (TPSA) is 62.5 Å². The number of aryl methyl sites for hydroxylation is 1. The number of halogens is 1. The Balaban J connectivity index is 2.68.